The van der Waals surface area contributed by atoms with Gasteiger partial charge in [-0.1, -0.05) is 192 Å². The van der Waals surface area contributed by atoms with Crippen LogP contribution in [0.15, 0.2) is 176 Å². The molecular formula is C57H44O. The molecule has 11 rings (SSSR count). The van der Waals surface area contributed by atoms with E-state index >= 15 is 4.79 Å². The van der Waals surface area contributed by atoms with Crippen LogP contribution in [0, 0.1) is 0 Å². The van der Waals surface area contributed by atoms with Gasteiger partial charge in [-0.2, -0.15) is 0 Å². The molecule has 278 valence electrons. The van der Waals surface area contributed by atoms with Crippen molar-refractivity contribution >= 4 is 11.4 Å². The fourth-order valence-electron chi connectivity index (χ4n) is 11.3. The van der Waals surface area contributed by atoms with Crippen LogP contribution in [-0.2, 0) is 16.2 Å². The first-order chi connectivity index (χ1) is 28.1. The van der Waals surface area contributed by atoms with E-state index in [1.54, 1.807) is 0 Å². The van der Waals surface area contributed by atoms with Gasteiger partial charge in [0.25, 0.3) is 0 Å². The Labute approximate surface area is 341 Å². The van der Waals surface area contributed by atoms with Crippen LogP contribution in [0.25, 0.3) is 50.1 Å². The molecule has 4 aliphatic carbocycles. The zero-order valence-electron chi connectivity index (χ0n) is 33.5. The molecule has 7 aromatic rings. The molecule has 0 saturated heterocycles. The lowest BCUT2D eigenvalue weighted by molar-refractivity contribution is 0.103. The Morgan fingerprint density at radius 1 is 0.431 bits per heavy atom. The topological polar surface area (TPSA) is 17.1 Å². The molecule has 1 spiro atoms. The number of hydrogen-bond acceptors (Lipinski definition) is 1. The van der Waals surface area contributed by atoms with E-state index in [4.69, 9.17) is 0 Å². The molecule has 0 radical (unpaired) electrons. The Morgan fingerprint density at radius 2 is 0.879 bits per heavy atom. The molecule has 0 aliphatic heterocycles. The molecule has 58 heavy (non-hydrogen) atoms. The normalized spacial score (nSPS) is 18.0. The number of allylic oxidation sites excluding steroid dienone is 5. The average molecular weight is 745 g/mol. The Morgan fingerprint density at radius 3 is 1.41 bits per heavy atom. The SMILES string of the molecule is C=C1/C=C\C=C/CC2(c3ccccc31)c1cc(-c3cccc4c3C(C)(C)c3ccccc3-4)ccc1C(=O)c1ccc(-c3cccc4c3C(C)(C)c3ccccc3-4)cc12. The van der Waals surface area contributed by atoms with Gasteiger partial charge in [0.2, 0.25) is 0 Å². The molecule has 7 aromatic carbocycles. The predicted octanol–water partition coefficient (Wildman–Crippen LogP) is 14.0. The first-order valence-electron chi connectivity index (χ1n) is 20.6. The van der Waals surface area contributed by atoms with E-state index in [2.05, 4.69) is 204 Å². The van der Waals surface area contributed by atoms with Crippen molar-refractivity contribution < 1.29 is 4.79 Å². The van der Waals surface area contributed by atoms with Gasteiger partial charge in [0, 0.05) is 22.0 Å². The Hall–Kier alpha value is -6.57. The maximum absolute atomic E-state index is 15.1. The van der Waals surface area contributed by atoms with E-state index < -0.39 is 5.41 Å². The van der Waals surface area contributed by atoms with Crippen molar-refractivity contribution in [3.05, 3.63) is 232 Å². The highest BCUT2D eigenvalue weighted by atomic mass is 16.1. The minimum Gasteiger partial charge on any atom is -0.289 e. The van der Waals surface area contributed by atoms with Gasteiger partial charge in [0.15, 0.2) is 5.78 Å². The van der Waals surface area contributed by atoms with E-state index in [0.717, 1.165) is 50.1 Å². The third-order valence-corrected chi connectivity index (χ3v) is 13.9. The number of hydrogen-bond donors (Lipinski definition) is 0. The van der Waals surface area contributed by atoms with Crippen LogP contribution in [0.5, 0.6) is 0 Å². The van der Waals surface area contributed by atoms with Crippen LogP contribution < -0.4 is 0 Å². The first kappa shape index (κ1) is 34.7. The number of carbonyl (C=O) groups is 1. The molecule has 0 fully saturated rings. The summed E-state index contributed by atoms with van der Waals surface area (Å²) in [5.74, 6) is 0.0732. The Kier molecular flexibility index (Phi) is 7.30. The molecule has 0 aromatic heterocycles. The summed E-state index contributed by atoms with van der Waals surface area (Å²) < 4.78 is 0. The summed E-state index contributed by atoms with van der Waals surface area (Å²) in [5.41, 5.74) is 21.0. The lowest BCUT2D eigenvalue weighted by atomic mass is 9.59. The maximum Gasteiger partial charge on any atom is 0.193 e. The highest BCUT2D eigenvalue weighted by Gasteiger charge is 2.47. The number of carbonyl (C=O) groups excluding carboxylic acids is 1. The van der Waals surface area contributed by atoms with Crippen molar-refractivity contribution in [2.45, 2.75) is 50.4 Å². The summed E-state index contributed by atoms with van der Waals surface area (Å²) in [4.78, 5) is 15.1. The van der Waals surface area contributed by atoms with Gasteiger partial charge in [-0.3, -0.25) is 4.79 Å². The van der Waals surface area contributed by atoms with Gasteiger partial charge in [-0.05, 0) is 113 Å². The molecule has 0 heterocycles. The standard InChI is InChI=1S/C57H44O/c1-35-17-7-6-14-32-57(49-27-13-8-18-38(35)49)50-33-36(39-21-15-23-43-41-19-9-11-25-47(41)55(2,3)52(39)43)28-30-45(50)54(58)46-31-29-37(34-51(46)57)40-22-16-24-44-42-20-10-12-26-48(42)56(4,5)53(40)44/h6-31,33-34H,1,32H2,2-5H3/b14-6-,17-7-. The van der Waals surface area contributed by atoms with Crippen molar-refractivity contribution in [1.82, 2.24) is 0 Å². The Balaban J connectivity index is 1.20. The predicted molar refractivity (Wildman–Crippen MR) is 241 cm³/mol. The minimum absolute atomic E-state index is 0.0732. The molecule has 0 N–H and O–H groups in total. The Bertz CT molecular complexity index is 2850. The summed E-state index contributed by atoms with van der Waals surface area (Å²) in [6.45, 7) is 14.0. The van der Waals surface area contributed by atoms with Crippen LogP contribution in [0.4, 0.5) is 0 Å². The summed E-state index contributed by atoms with van der Waals surface area (Å²) in [6, 6.07) is 53.2. The molecule has 0 saturated carbocycles. The highest BCUT2D eigenvalue weighted by molar-refractivity contribution is 6.14. The van der Waals surface area contributed by atoms with E-state index in [1.165, 1.54) is 55.6 Å². The molecule has 0 unspecified atom stereocenters. The van der Waals surface area contributed by atoms with E-state index in [1.807, 2.05) is 0 Å². The average Bonchev–Trinajstić information content (AvgIpc) is 3.66. The van der Waals surface area contributed by atoms with Gasteiger partial charge in [-0.25, -0.2) is 0 Å². The lowest BCUT2D eigenvalue weighted by Crippen LogP contribution is -2.37. The molecule has 4 aliphatic rings. The van der Waals surface area contributed by atoms with Gasteiger partial charge < -0.3 is 0 Å². The highest BCUT2D eigenvalue weighted by Crippen LogP contribution is 2.57. The van der Waals surface area contributed by atoms with Crippen molar-refractivity contribution in [3.8, 4) is 44.5 Å². The number of rotatable bonds is 2. The van der Waals surface area contributed by atoms with Crippen LogP contribution in [-0.4, -0.2) is 5.78 Å². The molecule has 1 nitrogen and oxygen atoms in total. The summed E-state index contributed by atoms with van der Waals surface area (Å²) in [6.07, 6.45) is 9.32. The van der Waals surface area contributed by atoms with Crippen molar-refractivity contribution in [2.75, 3.05) is 0 Å². The van der Waals surface area contributed by atoms with Crippen molar-refractivity contribution in [1.29, 1.82) is 0 Å². The lowest BCUT2D eigenvalue weighted by Gasteiger charge is -2.42. The molecule has 0 atom stereocenters. The van der Waals surface area contributed by atoms with Gasteiger partial charge in [0.05, 0.1) is 5.41 Å². The van der Waals surface area contributed by atoms with Crippen LogP contribution >= 0.6 is 0 Å². The monoisotopic (exact) mass is 744 g/mol. The van der Waals surface area contributed by atoms with Gasteiger partial charge >= 0.3 is 0 Å². The third kappa shape index (κ3) is 4.56. The van der Waals surface area contributed by atoms with Crippen molar-refractivity contribution in [3.63, 3.8) is 0 Å². The maximum atomic E-state index is 15.1. The van der Waals surface area contributed by atoms with Crippen molar-refractivity contribution in [2.24, 2.45) is 0 Å². The third-order valence-electron chi connectivity index (χ3n) is 13.9. The number of benzene rings is 7. The molecular weight excluding hydrogens is 701 g/mol. The largest absolute Gasteiger partial charge is 0.289 e. The molecule has 0 bridgehead atoms. The van der Waals surface area contributed by atoms with E-state index in [9.17, 15) is 0 Å². The fourth-order valence-corrected chi connectivity index (χ4v) is 11.3. The first-order valence-corrected chi connectivity index (χ1v) is 20.6. The minimum atomic E-state index is -0.695. The van der Waals surface area contributed by atoms with Gasteiger partial charge in [0.1, 0.15) is 0 Å². The quantitative estimate of drug-likeness (QED) is 0.172. The number of ketones is 1. The second-order valence-corrected chi connectivity index (χ2v) is 17.6. The smallest absolute Gasteiger partial charge is 0.193 e. The summed E-state index contributed by atoms with van der Waals surface area (Å²) in [5, 5.41) is 0. The summed E-state index contributed by atoms with van der Waals surface area (Å²) >= 11 is 0. The fraction of sp³-hybridized carbons (Fsp3) is 0.140. The second-order valence-electron chi connectivity index (χ2n) is 17.6. The van der Waals surface area contributed by atoms with Crippen LogP contribution in [0.3, 0.4) is 0 Å². The van der Waals surface area contributed by atoms with Crippen LogP contribution in [0.1, 0.15) is 94.5 Å². The molecule has 1 heteroatoms. The molecule has 0 amide bonds. The zero-order chi connectivity index (χ0) is 39.6. The summed E-state index contributed by atoms with van der Waals surface area (Å²) in [7, 11) is 0. The second kappa shape index (κ2) is 12.2. The van der Waals surface area contributed by atoms with Crippen LogP contribution in [0.2, 0.25) is 0 Å². The number of fused-ring (bicyclic) bond motifs is 12. The van der Waals surface area contributed by atoms with Gasteiger partial charge in [-0.15, -0.1) is 0 Å². The van der Waals surface area contributed by atoms with E-state index in [-0.39, 0.29) is 16.6 Å². The zero-order valence-corrected chi connectivity index (χ0v) is 33.5. The van der Waals surface area contributed by atoms with E-state index in [0.29, 0.717) is 6.42 Å².